The van der Waals surface area contributed by atoms with E-state index in [-0.39, 0.29) is 24.2 Å². The van der Waals surface area contributed by atoms with Crippen LogP contribution in [0.3, 0.4) is 0 Å². The van der Waals surface area contributed by atoms with Crippen molar-refractivity contribution in [3.63, 3.8) is 0 Å². The second kappa shape index (κ2) is 6.34. The van der Waals surface area contributed by atoms with E-state index in [0.29, 0.717) is 31.6 Å². The molecule has 3 aliphatic rings. The maximum atomic E-state index is 13.1. The SMILES string of the molecule is Cc1ccc(C2(O)CCN(C(=O)[C@H]3CC(=O)OC34CCCC4)CC2)nc1. The third-order valence-corrected chi connectivity index (χ3v) is 6.36. The van der Waals surface area contributed by atoms with Gasteiger partial charge in [-0.3, -0.25) is 14.6 Å². The predicted molar refractivity (Wildman–Crippen MR) is 94.1 cm³/mol. The smallest absolute Gasteiger partial charge is 0.307 e. The summed E-state index contributed by atoms with van der Waals surface area (Å²) in [6.45, 7) is 2.92. The second-order valence-electron chi connectivity index (χ2n) is 8.08. The van der Waals surface area contributed by atoms with Gasteiger partial charge in [-0.1, -0.05) is 6.07 Å². The van der Waals surface area contributed by atoms with Crippen LogP contribution < -0.4 is 0 Å². The molecule has 2 aliphatic heterocycles. The van der Waals surface area contributed by atoms with Gasteiger partial charge < -0.3 is 14.7 Å². The van der Waals surface area contributed by atoms with E-state index in [2.05, 4.69) is 4.98 Å². The number of likely N-dealkylation sites (tertiary alicyclic amines) is 1. The molecule has 1 aliphatic carbocycles. The van der Waals surface area contributed by atoms with Crippen LogP contribution in [0.4, 0.5) is 0 Å². The predicted octanol–water partition coefficient (Wildman–Crippen LogP) is 2.08. The van der Waals surface area contributed by atoms with E-state index in [9.17, 15) is 14.7 Å². The van der Waals surface area contributed by atoms with Crippen LogP contribution in [0.25, 0.3) is 0 Å². The number of hydrogen-bond donors (Lipinski definition) is 1. The van der Waals surface area contributed by atoms with Crippen LogP contribution in [0.5, 0.6) is 0 Å². The zero-order valence-corrected chi connectivity index (χ0v) is 15.2. The van der Waals surface area contributed by atoms with Crippen molar-refractivity contribution in [1.29, 1.82) is 0 Å². The van der Waals surface area contributed by atoms with Crippen LogP contribution in [0, 0.1) is 12.8 Å². The fourth-order valence-electron chi connectivity index (χ4n) is 4.75. The molecule has 6 nitrogen and oxygen atoms in total. The Kier molecular flexibility index (Phi) is 4.26. The Labute approximate surface area is 153 Å². The molecule has 4 rings (SSSR count). The normalized spacial score (nSPS) is 26.9. The number of piperidine rings is 1. The molecule has 1 aromatic rings. The first-order valence-corrected chi connectivity index (χ1v) is 9.58. The molecule has 140 valence electrons. The molecule has 0 unspecified atom stereocenters. The number of amides is 1. The first-order valence-electron chi connectivity index (χ1n) is 9.58. The molecule has 1 aromatic heterocycles. The fraction of sp³-hybridized carbons (Fsp3) is 0.650. The van der Waals surface area contributed by atoms with Crippen molar-refractivity contribution in [3.05, 3.63) is 29.6 Å². The number of carbonyl (C=O) groups is 2. The van der Waals surface area contributed by atoms with Crippen molar-refractivity contribution in [2.24, 2.45) is 5.92 Å². The quantitative estimate of drug-likeness (QED) is 0.819. The van der Waals surface area contributed by atoms with E-state index >= 15 is 0 Å². The summed E-state index contributed by atoms with van der Waals surface area (Å²) in [7, 11) is 0. The lowest BCUT2D eigenvalue weighted by Gasteiger charge is -2.40. The van der Waals surface area contributed by atoms with Gasteiger partial charge in [-0.05, 0) is 57.1 Å². The van der Waals surface area contributed by atoms with Crippen molar-refractivity contribution in [3.8, 4) is 0 Å². The largest absolute Gasteiger partial charge is 0.458 e. The van der Waals surface area contributed by atoms with E-state index in [1.54, 1.807) is 11.1 Å². The molecule has 1 spiro atoms. The van der Waals surface area contributed by atoms with Crippen LogP contribution in [-0.4, -0.2) is 45.6 Å². The van der Waals surface area contributed by atoms with E-state index in [1.165, 1.54) is 0 Å². The number of pyridine rings is 1. The lowest BCUT2D eigenvalue weighted by Crippen LogP contribution is -2.50. The summed E-state index contributed by atoms with van der Waals surface area (Å²) in [5, 5.41) is 11.0. The minimum Gasteiger partial charge on any atom is -0.458 e. The Bertz CT molecular complexity index is 701. The minimum absolute atomic E-state index is 0.0108. The molecule has 2 saturated heterocycles. The molecule has 0 bridgehead atoms. The van der Waals surface area contributed by atoms with Gasteiger partial charge in [-0.25, -0.2) is 0 Å². The molecule has 0 radical (unpaired) electrons. The maximum Gasteiger partial charge on any atom is 0.307 e. The lowest BCUT2D eigenvalue weighted by molar-refractivity contribution is -0.153. The molecule has 3 fully saturated rings. The summed E-state index contributed by atoms with van der Waals surface area (Å²) >= 11 is 0. The molecule has 3 heterocycles. The number of rotatable bonds is 2. The van der Waals surface area contributed by atoms with Gasteiger partial charge in [0.2, 0.25) is 5.91 Å². The third-order valence-electron chi connectivity index (χ3n) is 6.36. The number of ether oxygens (including phenoxy) is 1. The van der Waals surface area contributed by atoms with Gasteiger partial charge in [0, 0.05) is 19.3 Å². The van der Waals surface area contributed by atoms with Crippen molar-refractivity contribution >= 4 is 11.9 Å². The number of aryl methyl sites for hydroxylation is 1. The van der Waals surface area contributed by atoms with E-state index in [1.807, 2.05) is 19.1 Å². The number of aliphatic hydroxyl groups is 1. The number of hydrogen-bond acceptors (Lipinski definition) is 5. The Morgan fingerprint density at radius 3 is 2.54 bits per heavy atom. The summed E-state index contributed by atoms with van der Waals surface area (Å²) in [6, 6.07) is 3.81. The summed E-state index contributed by atoms with van der Waals surface area (Å²) in [6.07, 6.45) is 6.48. The Balaban J connectivity index is 1.45. The lowest BCUT2D eigenvalue weighted by atomic mass is 9.82. The van der Waals surface area contributed by atoms with Crippen molar-refractivity contribution in [1.82, 2.24) is 9.88 Å². The van der Waals surface area contributed by atoms with Gasteiger partial charge in [-0.2, -0.15) is 0 Å². The monoisotopic (exact) mass is 358 g/mol. The highest BCUT2D eigenvalue weighted by Crippen LogP contribution is 2.46. The average Bonchev–Trinajstić information content (AvgIpc) is 3.22. The van der Waals surface area contributed by atoms with Crippen molar-refractivity contribution in [2.75, 3.05) is 13.1 Å². The molecular formula is C20H26N2O4. The number of carbonyl (C=O) groups excluding carboxylic acids is 2. The zero-order valence-electron chi connectivity index (χ0n) is 15.2. The Morgan fingerprint density at radius 2 is 1.92 bits per heavy atom. The van der Waals surface area contributed by atoms with E-state index in [0.717, 1.165) is 31.2 Å². The van der Waals surface area contributed by atoms with Gasteiger partial charge in [-0.15, -0.1) is 0 Å². The first-order chi connectivity index (χ1) is 12.4. The van der Waals surface area contributed by atoms with Gasteiger partial charge >= 0.3 is 5.97 Å². The highest BCUT2D eigenvalue weighted by molar-refractivity contribution is 5.88. The highest BCUT2D eigenvalue weighted by Gasteiger charge is 2.55. The molecule has 26 heavy (non-hydrogen) atoms. The standard InChI is InChI=1S/C20H26N2O4/c1-14-4-5-16(21-13-14)19(25)8-10-22(11-9-19)18(24)15-12-17(23)26-20(15)6-2-3-7-20/h4-5,13,15,25H,2-3,6-12H2,1H3/t15-/m1/s1. The summed E-state index contributed by atoms with van der Waals surface area (Å²) in [5.74, 6) is -0.597. The molecule has 1 N–H and O–H groups in total. The molecule has 1 saturated carbocycles. The van der Waals surface area contributed by atoms with Crippen LogP contribution in [0.15, 0.2) is 18.3 Å². The van der Waals surface area contributed by atoms with Gasteiger partial charge in [0.1, 0.15) is 11.2 Å². The summed E-state index contributed by atoms with van der Waals surface area (Å²) in [5.41, 5.74) is 0.164. The molecule has 1 amide bonds. The number of esters is 1. The van der Waals surface area contributed by atoms with Crippen LogP contribution in [-0.2, 0) is 19.9 Å². The number of nitrogens with zero attached hydrogens (tertiary/aromatic N) is 2. The Hall–Kier alpha value is -1.95. The van der Waals surface area contributed by atoms with E-state index in [4.69, 9.17) is 4.74 Å². The zero-order chi connectivity index (χ0) is 18.4. The topological polar surface area (TPSA) is 79.7 Å². The minimum atomic E-state index is -0.989. The Morgan fingerprint density at radius 1 is 1.23 bits per heavy atom. The molecule has 6 heteroatoms. The van der Waals surface area contributed by atoms with E-state index < -0.39 is 11.2 Å². The fourth-order valence-corrected chi connectivity index (χ4v) is 4.75. The van der Waals surface area contributed by atoms with Crippen molar-refractivity contribution < 1.29 is 19.4 Å². The van der Waals surface area contributed by atoms with Crippen molar-refractivity contribution in [2.45, 2.75) is 63.1 Å². The molecule has 0 aromatic carbocycles. The van der Waals surface area contributed by atoms with Gasteiger partial charge in [0.25, 0.3) is 0 Å². The van der Waals surface area contributed by atoms with Gasteiger partial charge in [0.05, 0.1) is 18.0 Å². The second-order valence-corrected chi connectivity index (χ2v) is 8.08. The maximum absolute atomic E-state index is 13.1. The van der Waals surface area contributed by atoms with Gasteiger partial charge in [0.15, 0.2) is 0 Å². The van der Waals surface area contributed by atoms with Crippen LogP contribution in [0.1, 0.15) is 56.2 Å². The van der Waals surface area contributed by atoms with Crippen LogP contribution in [0.2, 0.25) is 0 Å². The molecular weight excluding hydrogens is 332 g/mol. The summed E-state index contributed by atoms with van der Waals surface area (Å²) < 4.78 is 5.61. The summed E-state index contributed by atoms with van der Waals surface area (Å²) in [4.78, 5) is 31.1. The first kappa shape index (κ1) is 17.5. The molecule has 1 atom stereocenters. The van der Waals surface area contributed by atoms with Crippen LogP contribution >= 0.6 is 0 Å². The average molecular weight is 358 g/mol. The highest BCUT2D eigenvalue weighted by atomic mass is 16.6. The third kappa shape index (κ3) is 2.90. The number of aromatic nitrogens is 1.